The number of aromatic nitrogens is 5. The summed E-state index contributed by atoms with van der Waals surface area (Å²) in [6.07, 6.45) is 6.56. The van der Waals surface area contributed by atoms with Crippen molar-refractivity contribution in [2.45, 2.75) is 64.6 Å². The summed E-state index contributed by atoms with van der Waals surface area (Å²) in [6, 6.07) is 8.34. The van der Waals surface area contributed by atoms with Gasteiger partial charge in [-0.1, -0.05) is 37.5 Å². The molecule has 30 heavy (non-hydrogen) atoms. The fourth-order valence-corrected chi connectivity index (χ4v) is 4.42. The van der Waals surface area contributed by atoms with Gasteiger partial charge in [0, 0.05) is 25.3 Å². The van der Waals surface area contributed by atoms with Crippen molar-refractivity contribution >= 4 is 10.9 Å². The monoisotopic (exact) mass is 410 g/mol. The molecular formula is C22H30N6O2. The minimum atomic E-state index is -0.0716. The molecule has 0 saturated heterocycles. The molecule has 0 spiro atoms. The van der Waals surface area contributed by atoms with Crippen LogP contribution in [0.1, 0.15) is 61.5 Å². The van der Waals surface area contributed by atoms with Crippen molar-refractivity contribution in [1.82, 2.24) is 30.1 Å². The summed E-state index contributed by atoms with van der Waals surface area (Å²) in [5, 5.41) is 22.8. The van der Waals surface area contributed by atoms with Crippen LogP contribution in [0.3, 0.4) is 0 Å². The van der Waals surface area contributed by atoms with E-state index >= 15 is 0 Å². The number of nitrogens with one attached hydrogen (secondary N) is 1. The molecule has 2 aromatic heterocycles. The van der Waals surface area contributed by atoms with E-state index in [0.29, 0.717) is 37.7 Å². The Balaban J connectivity index is 1.57. The van der Waals surface area contributed by atoms with Crippen LogP contribution in [0.4, 0.5) is 0 Å². The molecule has 0 radical (unpaired) electrons. The molecule has 1 fully saturated rings. The Morgan fingerprint density at radius 2 is 2.07 bits per heavy atom. The third kappa shape index (κ3) is 4.60. The first-order valence-corrected chi connectivity index (χ1v) is 10.9. The molecule has 4 rings (SSSR count). The molecule has 3 aromatic rings. The number of para-hydroxylation sites is 1. The summed E-state index contributed by atoms with van der Waals surface area (Å²) in [5.74, 6) is 0.827. The van der Waals surface area contributed by atoms with E-state index in [0.717, 1.165) is 35.1 Å². The highest BCUT2D eigenvalue weighted by Gasteiger charge is 2.22. The SMILES string of the molecule is Cc1cccc2cc(CN(CCCO)Cc3nnnn3C3CCCCC3)c(=O)[nH]c12. The first kappa shape index (κ1) is 20.7. The van der Waals surface area contributed by atoms with Crippen LogP contribution in [0.25, 0.3) is 10.9 Å². The molecule has 8 heteroatoms. The van der Waals surface area contributed by atoms with Crippen molar-refractivity contribution in [3.63, 3.8) is 0 Å². The van der Waals surface area contributed by atoms with E-state index in [-0.39, 0.29) is 12.2 Å². The van der Waals surface area contributed by atoms with Gasteiger partial charge >= 0.3 is 0 Å². The van der Waals surface area contributed by atoms with Crippen LogP contribution in [0.15, 0.2) is 29.1 Å². The van der Waals surface area contributed by atoms with E-state index in [1.54, 1.807) is 0 Å². The number of H-pyrrole nitrogens is 1. The quantitative estimate of drug-likeness (QED) is 0.592. The number of fused-ring (bicyclic) bond motifs is 1. The highest BCUT2D eigenvalue weighted by molar-refractivity contribution is 5.81. The van der Waals surface area contributed by atoms with Crippen molar-refractivity contribution in [3.05, 3.63) is 51.6 Å². The second kappa shape index (κ2) is 9.49. The second-order valence-electron chi connectivity index (χ2n) is 8.28. The van der Waals surface area contributed by atoms with Crippen LogP contribution in [0.2, 0.25) is 0 Å². The highest BCUT2D eigenvalue weighted by Crippen LogP contribution is 2.28. The molecular weight excluding hydrogens is 380 g/mol. The number of aromatic amines is 1. The predicted octanol–water partition coefficient (Wildman–Crippen LogP) is 2.71. The van der Waals surface area contributed by atoms with Gasteiger partial charge in [0.1, 0.15) is 0 Å². The number of rotatable bonds is 8. The molecule has 160 valence electrons. The minimum absolute atomic E-state index is 0.0716. The van der Waals surface area contributed by atoms with Gasteiger partial charge in [-0.15, -0.1) is 5.10 Å². The van der Waals surface area contributed by atoms with E-state index in [9.17, 15) is 9.90 Å². The van der Waals surface area contributed by atoms with Crippen molar-refractivity contribution in [2.75, 3.05) is 13.2 Å². The fraction of sp³-hybridized carbons (Fsp3) is 0.545. The van der Waals surface area contributed by atoms with Crippen LogP contribution in [0, 0.1) is 6.92 Å². The first-order valence-electron chi connectivity index (χ1n) is 10.9. The number of nitrogens with zero attached hydrogens (tertiary/aromatic N) is 5. The maximum Gasteiger partial charge on any atom is 0.252 e. The Morgan fingerprint density at radius 3 is 2.87 bits per heavy atom. The van der Waals surface area contributed by atoms with Gasteiger partial charge in [-0.25, -0.2) is 4.68 Å². The van der Waals surface area contributed by atoms with Crippen LogP contribution >= 0.6 is 0 Å². The Hall–Kier alpha value is -2.58. The molecule has 1 saturated carbocycles. The molecule has 1 aliphatic carbocycles. The Morgan fingerprint density at radius 1 is 1.23 bits per heavy atom. The van der Waals surface area contributed by atoms with E-state index < -0.39 is 0 Å². The van der Waals surface area contributed by atoms with Gasteiger partial charge in [-0.3, -0.25) is 9.69 Å². The third-order valence-corrected chi connectivity index (χ3v) is 6.04. The topological polar surface area (TPSA) is 99.9 Å². The number of hydrogen-bond donors (Lipinski definition) is 2. The van der Waals surface area contributed by atoms with Crippen LogP contribution in [0.5, 0.6) is 0 Å². The summed E-state index contributed by atoms with van der Waals surface area (Å²) in [5.41, 5.74) is 2.58. The van der Waals surface area contributed by atoms with Gasteiger partial charge in [-0.05, 0) is 53.6 Å². The summed E-state index contributed by atoms with van der Waals surface area (Å²) >= 11 is 0. The van der Waals surface area contributed by atoms with Crippen LogP contribution in [-0.2, 0) is 13.1 Å². The molecule has 2 N–H and O–H groups in total. The predicted molar refractivity (Wildman–Crippen MR) is 115 cm³/mol. The van der Waals surface area contributed by atoms with E-state index in [1.165, 1.54) is 19.3 Å². The number of aliphatic hydroxyl groups excluding tert-OH is 1. The molecule has 8 nitrogen and oxygen atoms in total. The molecule has 1 aromatic carbocycles. The van der Waals surface area contributed by atoms with Gasteiger partial charge < -0.3 is 10.1 Å². The Bertz CT molecular complexity index is 1040. The van der Waals surface area contributed by atoms with E-state index in [1.807, 2.05) is 35.9 Å². The molecule has 0 atom stereocenters. The van der Waals surface area contributed by atoms with Crippen LogP contribution in [-0.4, -0.2) is 48.3 Å². The van der Waals surface area contributed by atoms with E-state index in [2.05, 4.69) is 25.4 Å². The number of pyridine rings is 1. The second-order valence-corrected chi connectivity index (χ2v) is 8.28. The number of benzene rings is 1. The lowest BCUT2D eigenvalue weighted by Gasteiger charge is -2.25. The Kier molecular flexibility index (Phi) is 6.54. The maximum absolute atomic E-state index is 12.7. The van der Waals surface area contributed by atoms with Gasteiger partial charge in [-0.2, -0.15) is 0 Å². The molecule has 1 aliphatic rings. The van der Waals surface area contributed by atoms with Crippen molar-refractivity contribution < 1.29 is 5.11 Å². The fourth-order valence-electron chi connectivity index (χ4n) is 4.42. The van der Waals surface area contributed by atoms with Gasteiger partial charge in [0.05, 0.1) is 18.1 Å². The molecule has 0 amide bonds. The lowest BCUT2D eigenvalue weighted by Crippen LogP contribution is -2.30. The van der Waals surface area contributed by atoms with Gasteiger partial charge in [0.15, 0.2) is 5.82 Å². The van der Waals surface area contributed by atoms with Gasteiger partial charge in [0.2, 0.25) is 0 Å². The minimum Gasteiger partial charge on any atom is -0.396 e. The first-order chi connectivity index (χ1) is 14.7. The summed E-state index contributed by atoms with van der Waals surface area (Å²) in [4.78, 5) is 17.9. The number of hydrogen-bond acceptors (Lipinski definition) is 6. The zero-order valence-electron chi connectivity index (χ0n) is 17.5. The van der Waals surface area contributed by atoms with E-state index in [4.69, 9.17) is 0 Å². The third-order valence-electron chi connectivity index (χ3n) is 6.04. The molecule has 0 aliphatic heterocycles. The van der Waals surface area contributed by atoms with Crippen LogP contribution < -0.4 is 5.56 Å². The summed E-state index contributed by atoms with van der Waals surface area (Å²) in [6.45, 7) is 3.80. The molecule has 2 heterocycles. The van der Waals surface area contributed by atoms with Gasteiger partial charge in [0.25, 0.3) is 5.56 Å². The Labute approximate surface area is 175 Å². The summed E-state index contributed by atoms with van der Waals surface area (Å²) in [7, 11) is 0. The normalized spacial score (nSPS) is 15.3. The average molecular weight is 411 g/mol. The zero-order valence-corrected chi connectivity index (χ0v) is 17.5. The average Bonchev–Trinajstić information content (AvgIpc) is 3.22. The standard InChI is InChI=1S/C22H30N6O2/c1-16-7-5-8-17-13-18(22(30)23-21(16)17)14-27(11-6-12-29)15-20-24-25-26-28(20)19-9-3-2-4-10-19/h5,7-8,13,19,29H,2-4,6,9-12,14-15H2,1H3,(H,23,30). The summed E-state index contributed by atoms with van der Waals surface area (Å²) < 4.78 is 1.97. The number of aliphatic hydroxyl groups is 1. The van der Waals surface area contributed by atoms with Crippen molar-refractivity contribution in [1.29, 1.82) is 0 Å². The molecule has 0 bridgehead atoms. The number of aryl methyl sites for hydroxylation is 1. The lowest BCUT2D eigenvalue weighted by molar-refractivity contribution is 0.201. The zero-order chi connectivity index (χ0) is 20.9. The van der Waals surface area contributed by atoms with Crippen molar-refractivity contribution in [2.24, 2.45) is 0 Å². The largest absolute Gasteiger partial charge is 0.396 e. The number of tetrazole rings is 1. The highest BCUT2D eigenvalue weighted by atomic mass is 16.3. The maximum atomic E-state index is 12.7. The smallest absolute Gasteiger partial charge is 0.252 e. The molecule has 0 unspecified atom stereocenters. The lowest BCUT2D eigenvalue weighted by atomic mass is 9.95. The van der Waals surface area contributed by atoms with Crippen molar-refractivity contribution in [3.8, 4) is 0 Å².